The Bertz CT molecular complexity index is 1120. The standard InChI is InChI=1S/C22H26N2O6S/c1-6-24-18-12-20(30-5)19(29-4)11-17(18)14(2)21(31(24,26)27)22(25)23-13-15-7-9-16(28-3)10-8-15/h7-12H,6,13H2,1-5H3,(H,23,25). The summed E-state index contributed by atoms with van der Waals surface area (Å²) in [4.78, 5) is 12.7. The molecule has 1 aliphatic heterocycles. The SMILES string of the molecule is CCN1c2cc(OC)c(OC)cc2C(C)=C(C(=O)NCc2ccc(OC)cc2)S1(=O)=O. The summed E-state index contributed by atoms with van der Waals surface area (Å²) in [6.45, 7) is 3.68. The van der Waals surface area contributed by atoms with Gasteiger partial charge in [0.1, 0.15) is 5.75 Å². The number of carbonyl (C=O) groups is 1. The van der Waals surface area contributed by atoms with E-state index in [4.69, 9.17) is 14.2 Å². The van der Waals surface area contributed by atoms with Crippen molar-refractivity contribution in [3.63, 3.8) is 0 Å². The number of hydrogen-bond donors (Lipinski definition) is 1. The number of hydrogen-bond acceptors (Lipinski definition) is 6. The minimum atomic E-state index is -4.05. The maximum atomic E-state index is 13.3. The van der Waals surface area contributed by atoms with Gasteiger partial charge in [0.25, 0.3) is 15.9 Å². The zero-order chi connectivity index (χ0) is 22.8. The van der Waals surface area contributed by atoms with Crippen molar-refractivity contribution >= 4 is 27.2 Å². The molecular weight excluding hydrogens is 420 g/mol. The van der Waals surface area contributed by atoms with Crippen LogP contribution in [-0.4, -0.2) is 42.2 Å². The molecule has 2 aromatic rings. The van der Waals surface area contributed by atoms with Gasteiger partial charge in [-0.3, -0.25) is 9.10 Å². The number of ether oxygens (including phenoxy) is 3. The van der Waals surface area contributed by atoms with E-state index in [9.17, 15) is 13.2 Å². The van der Waals surface area contributed by atoms with E-state index in [0.29, 0.717) is 34.1 Å². The molecule has 1 heterocycles. The Labute approximate surface area is 182 Å². The second kappa shape index (κ2) is 8.89. The molecule has 9 heteroatoms. The Balaban J connectivity index is 2.02. The molecule has 0 radical (unpaired) electrons. The van der Waals surface area contributed by atoms with Crippen molar-refractivity contribution in [3.05, 3.63) is 52.4 Å². The number of fused-ring (bicyclic) bond motifs is 1. The van der Waals surface area contributed by atoms with E-state index in [2.05, 4.69) is 5.32 Å². The fourth-order valence-corrected chi connectivity index (χ4v) is 5.34. The van der Waals surface area contributed by atoms with E-state index >= 15 is 0 Å². The first kappa shape index (κ1) is 22.5. The lowest BCUT2D eigenvalue weighted by atomic mass is 10.0. The second-order valence-corrected chi connectivity index (χ2v) is 8.68. The van der Waals surface area contributed by atoms with Crippen LogP contribution < -0.4 is 23.8 Å². The number of carbonyl (C=O) groups excluding carboxylic acids is 1. The van der Waals surface area contributed by atoms with E-state index in [0.717, 1.165) is 5.56 Å². The number of nitrogens with one attached hydrogen (secondary N) is 1. The van der Waals surface area contributed by atoms with Crippen LogP contribution in [0.4, 0.5) is 5.69 Å². The summed E-state index contributed by atoms with van der Waals surface area (Å²) in [6, 6.07) is 10.5. The quantitative estimate of drug-likeness (QED) is 0.703. The van der Waals surface area contributed by atoms with Gasteiger partial charge in [-0.15, -0.1) is 0 Å². The number of allylic oxidation sites excluding steroid dienone is 1. The Morgan fingerprint density at radius 3 is 2.16 bits per heavy atom. The average molecular weight is 447 g/mol. The molecule has 0 saturated heterocycles. The Morgan fingerprint density at radius 1 is 1.00 bits per heavy atom. The third-order valence-corrected chi connectivity index (χ3v) is 7.21. The highest BCUT2D eigenvalue weighted by atomic mass is 32.2. The van der Waals surface area contributed by atoms with E-state index in [1.165, 1.54) is 18.5 Å². The maximum absolute atomic E-state index is 13.3. The number of rotatable bonds is 7. The molecule has 2 aromatic carbocycles. The number of methoxy groups -OCH3 is 3. The summed E-state index contributed by atoms with van der Waals surface area (Å²) in [5, 5.41) is 2.72. The zero-order valence-corrected chi connectivity index (χ0v) is 19.0. The van der Waals surface area contributed by atoms with E-state index in [1.54, 1.807) is 57.4 Å². The Morgan fingerprint density at radius 2 is 1.61 bits per heavy atom. The van der Waals surface area contributed by atoms with Crippen LogP contribution in [0, 0.1) is 0 Å². The highest BCUT2D eigenvalue weighted by molar-refractivity contribution is 7.97. The summed E-state index contributed by atoms with van der Waals surface area (Å²) in [5.41, 5.74) is 2.22. The van der Waals surface area contributed by atoms with Gasteiger partial charge in [-0.2, -0.15) is 0 Å². The third kappa shape index (κ3) is 4.05. The first-order valence-corrected chi connectivity index (χ1v) is 11.1. The molecule has 0 saturated carbocycles. The Hall–Kier alpha value is -3.20. The molecule has 0 aliphatic carbocycles. The van der Waals surface area contributed by atoms with Crippen LogP contribution in [0.1, 0.15) is 25.0 Å². The predicted molar refractivity (Wildman–Crippen MR) is 119 cm³/mol. The van der Waals surface area contributed by atoms with Gasteiger partial charge in [0.05, 0.1) is 27.0 Å². The first-order valence-electron chi connectivity index (χ1n) is 9.69. The van der Waals surface area contributed by atoms with Gasteiger partial charge in [-0.25, -0.2) is 8.42 Å². The minimum Gasteiger partial charge on any atom is -0.497 e. The van der Waals surface area contributed by atoms with Gasteiger partial charge in [0.15, 0.2) is 16.4 Å². The molecular formula is C22H26N2O6S. The number of nitrogens with zero attached hydrogens (tertiary/aromatic N) is 1. The van der Waals surface area contributed by atoms with Crippen LogP contribution in [0.3, 0.4) is 0 Å². The molecule has 0 fully saturated rings. The van der Waals surface area contributed by atoms with Gasteiger partial charge in [-0.05, 0) is 43.2 Å². The van der Waals surface area contributed by atoms with Gasteiger partial charge in [-0.1, -0.05) is 12.1 Å². The molecule has 8 nitrogen and oxygen atoms in total. The fourth-order valence-electron chi connectivity index (χ4n) is 3.56. The van der Waals surface area contributed by atoms with E-state index < -0.39 is 15.9 Å². The molecule has 0 bridgehead atoms. The van der Waals surface area contributed by atoms with Gasteiger partial charge in [0, 0.05) is 24.7 Å². The van der Waals surface area contributed by atoms with Crippen molar-refractivity contribution in [1.29, 1.82) is 0 Å². The van der Waals surface area contributed by atoms with Crippen LogP contribution in [0.15, 0.2) is 41.3 Å². The lowest BCUT2D eigenvalue weighted by Gasteiger charge is -2.32. The molecule has 0 aromatic heterocycles. The van der Waals surface area contributed by atoms with Crippen LogP contribution in [0.25, 0.3) is 5.57 Å². The molecule has 166 valence electrons. The lowest BCUT2D eigenvalue weighted by Crippen LogP contribution is -2.41. The largest absolute Gasteiger partial charge is 0.497 e. The second-order valence-electron chi connectivity index (χ2n) is 6.88. The molecule has 0 unspecified atom stereocenters. The topological polar surface area (TPSA) is 94.2 Å². The number of amides is 1. The van der Waals surface area contributed by atoms with Gasteiger partial charge < -0.3 is 19.5 Å². The minimum absolute atomic E-state index is 0.160. The maximum Gasteiger partial charge on any atom is 0.270 e. The van der Waals surface area contributed by atoms with Crippen molar-refractivity contribution in [3.8, 4) is 17.2 Å². The van der Waals surface area contributed by atoms with Crippen molar-refractivity contribution in [1.82, 2.24) is 5.32 Å². The van der Waals surface area contributed by atoms with Crippen LogP contribution in [0.5, 0.6) is 17.2 Å². The van der Waals surface area contributed by atoms with Crippen LogP contribution >= 0.6 is 0 Å². The zero-order valence-electron chi connectivity index (χ0n) is 18.2. The van der Waals surface area contributed by atoms with Crippen molar-refractivity contribution in [2.24, 2.45) is 0 Å². The molecule has 0 atom stereocenters. The summed E-state index contributed by atoms with van der Waals surface area (Å²) in [5.74, 6) is 0.902. The smallest absolute Gasteiger partial charge is 0.270 e. The lowest BCUT2D eigenvalue weighted by molar-refractivity contribution is -0.117. The molecule has 3 rings (SSSR count). The normalized spacial score (nSPS) is 14.7. The molecule has 0 spiro atoms. The number of benzene rings is 2. The third-order valence-electron chi connectivity index (χ3n) is 5.17. The van der Waals surface area contributed by atoms with Crippen molar-refractivity contribution in [2.45, 2.75) is 20.4 Å². The van der Waals surface area contributed by atoms with Gasteiger partial charge in [0.2, 0.25) is 0 Å². The van der Waals surface area contributed by atoms with Crippen LogP contribution in [0.2, 0.25) is 0 Å². The monoisotopic (exact) mass is 446 g/mol. The highest BCUT2D eigenvalue weighted by Gasteiger charge is 2.39. The van der Waals surface area contributed by atoms with Gasteiger partial charge >= 0.3 is 0 Å². The van der Waals surface area contributed by atoms with Crippen molar-refractivity contribution in [2.75, 3.05) is 32.2 Å². The number of anilines is 1. The first-order chi connectivity index (χ1) is 14.8. The summed E-state index contributed by atoms with van der Waals surface area (Å²) in [6.07, 6.45) is 0. The predicted octanol–water partition coefficient (Wildman–Crippen LogP) is 2.93. The summed E-state index contributed by atoms with van der Waals surface area (Å²) >= 11 is 0. The number of sulfonamides is 1. The van der Waals surface area contributed by atoms with Crippen LogP contribution in [-0.2, 0) is 21.4 Å². The molecule has 31 heavy (non-hydrogen) atoms. The molecule has 1 amide bonds. The summed E-state index contributed by atoms with van der Waals surface area (Å²) in [7, 11) is 0.508. The van der Waals surface area contributed by atoms with Crippen molar-refractivity contribution < 1.29 is 27.4 Å². The average Bonchev–Trinajstić information content (AvgIpc) is 2.77. The van der Waals surface area contributed by atoms with E-state index in [-0.39, 0.29) is 18.0 Å². The van der Waals surface area contributed by atoms with E-state index in [1.807, 2.05) is 0 Å². The molecule has 1 aliphatic rings. The Kier molecular flexibility index (Phi) is 6.45. The summed E-state index contributed by atoms with van der Waals surface area (Å²) < 4.78 is 43.7. The highest BCUT2D eigenvalue weighted by Crippen LogP contribution is 2.44. The fraction of sp³-hybridized carbons (Fsp3) is 0.318. The molecule has 1 N–H and O–H groups in total.